The van der Waals surface area contributed by atoms with Crippen LogP contribution >= 0.6 is 11.8 Å². The highest BCUT2D eigenvalue weighted by Gasteiger charge is 2.26. The molecule has 0 unspecified atom stereocenters. The van der Waals surface area contributed by atoms with Crippen molar-refractivity contribution in [1.82, 2.24) is 18.7 Å². The smallest absolute Gasteiger partial charge is 0.268 e. The highest BCUT2D eigenvalue weighted by molar-refractivity contribution is 7.99. The number of fused-ring (bicyclic) bond motifs is 1. The Balaban J connectivity index is 1.46. The molecule has 0 fully saturated rings. The van der Waals surface area contributed by atoms with Gasteiger partial charge in [0.1, 0.15) is 0 Å². The molecule has 6 nitrogen and oxygen atoms in total. The van der Waals surface area contributed by atoms with Crippen LogP contribution in [-0.4, -0.2) is 27.2 Å². The van der Waals surface area contributed by atoms with Crippen molar-refractivity contribution in [1.29, 1.82) is 0 Å². The van der Waals surface area contributed by atoms with Crippen molar-refractivity contribution in [2.45, 2.75) is 28.8 Å². The molecule has 4 aromatic carbocycles. The van der Waals surface area contributed by atoms with Crippen LogP contribution in [0.4, 0.5) is 0 Å². The topological polar surface area (TPSA) is 69.8 Å². The lowest BCUT2D eigenvalue weighted by atomic mass is 10.0. The number of benzene rings is 4. The predicted molar refractivity (Wildman–Crippen MR) is 156 cm³/mol. The Bertz CT molecular complexity index is 1790. The second kappa shape index (κ2) is 10.6. The van der Waals surface area contributed by atoms with Gasteiger partial charge in [-0.05, 0) is 36.2 Å². The molecular formula is C31H26N4O2S2. The zero-order valence-corrected chi connectivity index (χ0v) is 22.9. The summed E-state index contributed by atoms with van der Waals surface area (Å²) in [5, 5.41) is 10.8. The van der Waals surface area contributed by atoms with E-state index in [4.69, 9.17) is 0 Å². The van der Waals surface area contributed by atoms with Gasteiger partial charge in [-0.15, -0.1) is 10.2 Å². The fourth-order valence-corrected chi connectivity index (χ4v) is 7.40. The average Bonchev–Trinajstić information content (AvgIpc) is 3.58. The van der Waals surface area contributed by atoms with Gasteiger partial charge in [0.25, 0.3) is 10.0 Å². The number of thioether (sulfide) groups is 1. The van der Waals surface area contributed by atoms with Crippen LogP contribution in [0.5, 0.6) is 0 Å². The van der Waals surface area contributed by atoms with Crippen molar-refractivity contribution in [2.24, 2.45) is 0 Å². The first-order valence-electron chi connectivity index (χ1n) is 12.7. The molecule has 0 radical (unpaired) electrons. The van der Waals surface area contributed by atoms with E-state index in [0.717, 1.165) is 16.1 Å². The Morgan fingerprint density at radius 3 is 1.92 bits per heavy atom. The molecule has 0 N–H and O–H groups in total. The van der Waals surface area contributed by atoms with Crippen molar-refractivity contribution in [3.05, 3.63) is 133 Å². The van der Waals surface area contributed by atoms with E-state index in [9.17, 15) is 8.42 Å². The summed E-state index contributed by atoms with van der Waals surface area (Å²) in [6.45, 7) is 2.68. The molecular weight excluding hydrogens is 525 g/mol. The highest BCUT2D eigenvalue weighted by atomic mass is 32.2. The molecule has 2 heterocycles. The van der Waals surface area contributed by atoms with E-state index in [-0.39, 0.29) is 10.1 Å². The minimum Gasteiger partial charge on any atom is -0.302 e. The molecule has 6 aromatic rings. The summed E-state index contributed by atoms with van der Waals surface area (Å²) in [5.74, 6) is 0.637. The minimum atomic E-state index is -3.80. The lowest BCUT2D eigenvalue weighted by Crippen LogP contribution is -2.11. The average molecular weight is 551 g/mol. The van der Waals surface area contributed by atoms with Crippen molar-refractivity contribution in [2.75, 3.05) is 0 Å². The van der Waals surface area contributed by atoms with E-state index in [1.165, 1.54) is 15.1 Å². The Hall–Kier alpha value is -4.14. The van der Waals surface area contributed by atoms with E-state index >= 15 is 0 Å². The van der Waals surface area contributed by atoms with Crippen LogP contribution < -0.4 is 0 Å². The van der Waals surface area contributed by atoms with Gasteiger partial charge < -0.3 is 4.57 Å². The third-order valence-electron chi connectivity index (χ3n) is 6.68. The monoisotopic (exact) mass is 550 g/mol. The van der Waals surface area contributed by atoms with Gasteiger partial charge in [-0.25, -0.2) is 12.4 Å². The molecule has 0 spiro atoms. The SMILES string of the molecule is CCn1c(SC(c2ccccc2)c2ccccc2)nnc1-c1cn(S(=O)(=O)c2ccccc2)c2ccccc12. The summed E-state index contributed by atoms with van der Waals surface area (Å²) < 4.78 is 30.7. The van der Waals surface area contributed by atoms with Gasteiger partial charge in [0.2, 0.25) is 0 Å². The zero-order chi connectivity index (χ0) is 26.8. The Labute approximate surface area is 232 Å². The first-order chi connectivity index (χ1) is 19.1. The number of hydrogen-bond acceptors (Lipinski definition) is 5. The van der Waals surface area contributed by atoms with Crippen LogP contribution in [0.15, 0.2) is 132 Å². The zero-order valence-electron chi connectivity index (χ0n) is 21.3. The van der Waals surface area contributed by atoms with Crippen LogP contribution in [0.25, 0.3) is 22.3 Å². The van der Waals surface area contributed by atoms with Gasteiger partial charge in [-0.2, -0.15) is 0 Å². The molecule has 0 bridgehead atoms. The highest BCUT2D eigenvalue weighted by Crippen LogP contribution is 2.41. The maximum atomic E-state index is 13.6. The molecule has 0 saturated carbocycles. The number of nitrogens with zero attached hydrogens (tertiary/aromatic N) is 4. The summed E-state index contributed by atoms with van der Waals surface area (Å²) in [6.07, 6.45) is 1.67. The molecule has 0 saturated heterocycles. The number of hydrogen-bond donors (Lipinski definition) is 0. The molecule has 0 aliphatic rings. The first kappa shape index (κ1) is 25.2. The summed E-state index contributed by atoms with van der Waals surface area (Å²) in [7, 11) is -3.80. The number of para-hydroxylation sites is 1. The van der Waals surface area contributed by atoms with Crippen molar-refractivity contribution >= 4 is 32.7 Å². The first-order valence-corrected chi connectivity index (χ1v) is 15.0. The maximum absolute atomic E-state index is 13.6. The standard InChI is InChI=1S/C31H26N4O2S2/c1-2-34-30(32-33-31(34)38-29(23-14-6-3-7-15-23)24-16-8-4-9-17-24)27-22-35(28-21-13-12-20-26(27)28)39(36,37)25-18-10-5-11-19-25/h3-22,29H,2H2,1H3. The van der Waals surface area contributed by atoms with Crippen molar-refractivity contribution in [3.63, 3.8) is 0 Å². The summed E-state index contributed by atoms with van der Waals surface area (Å²) in [5.41, 5.74) is 3.67. The van der Waals surface area contributed by atoms with E-state index in [1.807, 2.05) is 60.7 Å². The Morgan fingerprint density at radius 1 is 0.744 bits per heavy atom. The minimum absolute atomic E-state index is 0.0227. The Morgan fingerprint density at radius 2 is 1.31 bits per heavy atom. The van der Waals surface area contributed by atoms with Gasteiger partial charge in [-0.1, -0.05) is 109 Å². The Kier molecular flexibility index (Phi) is 6.81. The summed E-state index contributed by atoms with van der Waals surface area (Å²) in [6, 6.07) is 36.7. The predicted octanol–water partition coefficient (Wildman–Crippen LogP) is 7.04. The molecule has 0 aliphatic heterocycles. The lowest BCUT2D eigenvalue weighted by molar-refractivity contribution is 0.589. The third-order valence-corrected chi connectivity index (χ3v) is 9.66. The summed E-state index contributed by atoms with van der Waals surface area (Å²) in [4.78, 5) is 0.235. The molecule has 0 amide bonds. The van der Waals surface area contributed by atoms with E-state index in [2.05, 4.69) is 46.0 Å². The normalized spacial score (nSPS) is 11.8. The van der Waals surface area contributed by atoms with Crippen LogP contribution in [0.2, 0.25) is 0 Å². The summed E-state index contributed by atoms with van der Waals surface area (Å²) >= 11 is 1.64. The van der Waals surface area contributed by atoms with E-state index in [1.54, 1.807) is 48.3 Å². The van der Waals surface area contributed by atoms with Gasteiger partial charge in [0.15, 0.2) is 11.0 Å². The second-order valence-corrected chi connectivity index (χ2v) is 11.9. The molecule has 0 aliphatic carbocycles. The molecule has 194 valence electrons. The van der Waals surface area contributed by atoms with Crippen LogP contribution in [0.3, 0.4) is 0 Å². The molecule has 2 aromatic heterocycles. The van der Waals surface area contributed by atoms with Crippen molar-refractivity contribution < 1.29 is 8.42 Å². The lowest BCUT2D eigenvalue weighted by Gasteiger charge is -2.17. The molecule has 0 atom stereocenters. The van der Waals surface area contributed by atoms with Gasteiger partial charge in [0.05, 0.1) is 15.7 Å². The molecule has 8 heteroatoms. The molecule has 39 heavy (non-hydrogen) atoms. The second-order valence-electron chi connectivity index (χ2n) is 9.04. The van der Waals surface area contributed by atoms with Gasteiger partial charge in [0, 0.05) is 23.7 Å². The van der Waals surface area contributed by atoms with Gasteiger partial charge >= 0.3 is 0 Å². The number of rotatable bonds is 8. The number of aromatic nitrogens is 4. The van der Waals surface area contributed by atoms with Gasteiger partial charge in [-0.3, -0.25) is 0 Å². The third kappa shape index (κ3) is 4.66. The van der Waals surface area contributed by atoms with E-state index in [0.29, 0.717) is 17.9 Å². The quantitative estimate of drug-likeness (QED) is 0.190. The largest absolute Gasteiger partial charge is 0.302 e. The maximum Gasteiger partial charge on any atom is 0.268 e. The van der Waals surface area contributed by atoms with Crippen LogP contribution in [-0.2, 0) is 16.6 Å². The van der Waals surface area contributed by atoms with Crippen LogP contribution in [0.1, 0.15) is 23.3 Å². The van der Waals surface area contributed by atoms with Crippen molar-refractivity contribution in [3.8, 4) is 11.4 Å². The fourth-order valence-electron chi connectivity index (χ4n) is 4.78. The fraction of sp³-hybridized carbons (Fsp3) is 0.0968. The molecule has 6 rings (SSSR count). The van der Waals surface area contributed by atoms with Crippen LogP contribution in [0, 0.1) is 0 Å². The van der Waals surface area contributed by atoms with E-state index < -0.39 is 10.0 Å².